The number of rotatable bonds is 2. The summed E-state index contributed by atoms with van der Waals surface area (Å²) < 4.78 is 0. The number of nitrogens with two attached hydrogens (primary N) is 1. The van der Waals surface area contributed by atoms with Gasteiger partial charge in [0.2, 0.25) is 11.9 Å². The van der Waals surface area contributed by atoms with Gasteiger partial charge in [0.05, 0.1) is 0 Å². The number of aliphatic imine (C=N–C) groups is 1. The molecule has 3 N–H and O–H groups in total. The highest BCUT2D eigenvalue weighted by Crippen LogP contribution is 2.28. The van der Waals surface area contributed by atoms with Crippen LogP contribution in [0.25, 0.3) is 0 Å². The van der Waals surface area contributed by atoms with Gasteiger partial charge >= 0.3 is 0 Å². The van der Waals surface area contributed by atoms with Crippen LogP contribution in [0, 0.1) is 5.92 Å². The van der Waals surface area contributed by atoms with Gasteiger partial charge in [0.1, 0.15) is 0 Å². The van der Waals surface area contributed by atoms with Gasteiger partial charge in [-0.2, -0.15) is 4.99 Å². The van der Waals surface area contributed by atoms with Gasteiger partial charge in [-0.05, 0) is 25.0 Å². The predicted molar refractivity (Wildman–Crippen MR) is 63.3 cm³/mol. The molecule has 1 aliphatic rings. The van der Waals surface area contributed by atoms with E-state index in [1.54, 1.807) is 30.3 Å². The third-order valence-electron chi connectivity index (χ3n) is 2.44. The smallest absolute Gasteiger partial charge is 0.280 e. The van der Waals surface area contributed by atoms with Gasteiger partial charge in [-0.1, -0.05) is 18.2 Å². The molecule has 0 saturated heterocycles. The minimum Gasteiger partial charge on any atom is -0.369 e. The van der Waals surface area contributed by atoms with Crippen molar-refractivity contribution in [1.82, 2.24) is 5.32 Å². The van der Waals surface area contributed by atoms with Gasteiger partial charge < -0.3 is 5.73 Å². The summed E-state index contributed by atoms with van der Waals surface area (Å²) in [5, 5.41) is 2.41. The Morgan fingerprint density at radius 1 is 1.24 bits per heavy atom. The number of nitrogens with zero attached hydrogens (tertiary/aromatic N) is 1. The van der Waals surface area contributed by atoms with E-state index in [4.69, 9.17) is 5.73 Å². The summed E-state index contributed by atoms with van der Waals surface area (Å²) in [5.41, 5.74) is 5.92. The Hall–Kier alpha value is -2.17. The summed E-state index contributed by atoms with van der Waals surface area (Å²) in [4.78, 5) is 26.6. The van der Waals surface area contributed by atoms with E-state index < -0.39 is 5.91 Å². The molecule has 0 spiro atoms. The van der Waals surface area contributed by atoms with Crippen molar-refractivity contribution in [3.8, 4) is 0 Å². The van der Waals surface area contributed by atoms with Crippen LogP contribution in [0.4, 0.5) is 0 Å². The molecule has 5 nitrogen and oxygen atoms in total. The van der Waals surface area contributed by atoms with Crippen LogP contribution >= 0.6 is 0 Å². The zero-order valence-electron chi connectivity index (χ0n) is 9.22. The Morgan fingerprint density at radius 2 is 1.88 bits per heavy atom. The number of carbonyl (C=O) groups excluding carboxylic acids is 2. The van der Waals surface area contributed by atoms with Crippen molar-refractivity contribution in [2.24, 2.45) is 16.6 Å². The van der Waals surface area contributed by atoms with Gasteiger partial charge in [-0.15, -0.1) is 0 Å². The van der Waals surface area contributed by atoms with E-state index in [-0.39, 0.29) is 17.8 Å². The number of hydrogen-bond donors (Lipinski definition) is 2. The first-order valence-corrected chi connectivity index (χ1v) is 5.41. The molecule has 17 heavy (non-hydrogen) atoms. The first-order chi connectivity index (χ1) is 8.16. The van der Waals surface area contributed by atoms with E-state index >= 15 is 0 Å². The van der Waals surface area contributed by atoms with Gasteiger partial charge in [0.25, 0.3) is 5.91 Å². The fraction of sp³-hybridized carbons (Fsp3) is 0.250. The van der Waals surface area contributed by atoms with Gasteiger partial charge in [-0.3, -0.25) is 14.9 Å². The van der Waals surface area contributed by atoms with Crippen molar-refractivity contribution in [2.75, 3.05) is 0 Å². The monoisotopic (exact) mass is 231 g/mol. The lowest BCUT2D eigenvalue weighted by Gasteiger charge is -2.02. The van der Waals surface area contributed by atoms with E-state index in [0.29, 0.717) is 5.56 Å². The van der Waals surface area contributed by atoms with Crippen molar-refractivity contribution in [3.05, 3.63) is 35.9 Å². The molecular weight excluding hydrogens is 218 g/mol. The highest BCUT2D eigenvalue weighted by Gasteiger charge is 2.29. The summed E-state index contributed by atoms with van der Waals surface area (Å²) in [6.45, 7) is 0. The first-order valence-electron chi connectivity index (χ1n) is 5.41. The molecule has 1 aliphatic carbocycles. The fourth-order valence-corrected chi connectivity index (χ4v) is 1.36. The maximum absolute atomic E-state index is 11.6. The SMILES string of the molecule is NC(=NC(=O)c1ccccc1)NC(=O)C1CC1. The summed E-state index contributed by atoms with van der Waals surface area (Å²) >= 11 is 0. The number of hydrogen-bond acceptors (Lipinski definition) is 2. The molecule has 1 aromatic carbocycles. The van der Waals surface area contributed by atoms with Crippen molar-refractivity contribution in [3.63, 3.8) is 0 Å². The van der Waals surface area contributed by atoms with Crippen LogP contribution in [0.3, 0.4) is 0 Å². The highest BCUT2D eigenvalue weighted by molar-refractivity contribution is 6.06. The van der Waals surface area contributed by atoms with Crippen LogP contribution in [-0.2, 0) is 4.79 Å². The van der Waals surface area contributed by atoms with Crippen molar-refractivity contribution in [1.29, 1.82) is 0 Å². The van der Waals surface area contributed by atoms with Crippen molar-refractivity contribution in [2.45, 2.75) is 12.8 Å². The lowest BCUT2D eigenvalue weighted by molar-refractivity contribution is -0.120. The molecule has 88 valence electrons. The molecule has 0 aliphatic heterocycles. The van der Waals surface area contributed by atoms with Crippen LogP contribution in [0.2, 0.25) is 0 Å². The standard InChI is InChI=1S/C12H13N3O2/c13-12(15-11(17)9-6-7-9)14-10(16)8-4-2-1-3-5-8/h1-5,9H,6-7H2,(H3,13,14,15,16,17). The topological polar surface area (TPSA) is 84.5 Å². The molecule has 2 rings (SSSR count). The molecule has 2 amide bonds. The second-order valence-electron chi connectivity index (χ2n) is 3.93. The van der Waals surface area contributed by atoms with E-state index in [9.17, 15) is 9.59 Å². The number of nitrogens with one attached hydrogen (secondary N) is 1. The molecule has 0 unspecified atom stereocenters. The Kier molecular flexibility index (Phi) is 3.18. The van der Waals surface area contributed by atoms with E-state index in [0.717, 1.165) is 12.8 Å². The fourth-order valence-electron chi connectivity index (χ4n) is 1.36. The Bertz CT molecular complexity index is 464. The zero-order chi connectivity index (χ0) is 12.3. The second-order valence-corrected chi connectivity index (χ2v) is 3.93. The van der Waals surface area contributed by atoms with E-state index in [1.807, 2.05) is 0 Å². The van der Waals surface area contributed by atoms with Crippen molar-refractivity contribution >= 4 is 17.8 Å². The maximum atomic E-state index is 11.6. The quantitative estimate of drug-likeness (QED) is 0.579. The van der Waals surface area contributed by atoms with Crippen molar-refractivity contribution < 1.29 is 9.59 Å². The van der Waals surface area contributed by atoms with Gasteiger partial charge in [0, 0.05) is 11.5 Å². The van der Waals surface area contributed by atoms with E-state index in [2.05, 4.69) is 10.3 Å². The zero-order valence-corrected chi connectivity index (χ0v) is 9.22. The molecule has 5 heteroatoms. The normalized spacial score (nSPS) is 15.4. The summed E-state index contributed by atoms with van der Waals surface area (Å²) in [7, 11) is 0. The van der Waals surface area contributed by atoms with Crippen LogP contribution in [0.1, 0.15) is 23.2 Å². The summed E-state index contributed by atoms with van der Waals surface area (Å²) in [6.07, 6.45) is 1.76. The second kappa shape index (κ2) is 4.78. The van der Waals surface area contributed by atoms with Crippen LogP contribution < -0.4 is 11.1 Å². The number of benzene rings is 1. The minimum absolute atomic E-state index is 0.0376. The average molecular weight is 231 g/mol. The van der Waals surface area contributed by atoms with Crippen LogP contribution in [0.15, 0.2) is 35.3 Å². The molecule has 0 heterocycles. The molecule has 1 fully saturated rings. The average Bonchev–Trinajstić information content (AvgIpc) is 3.13. The Labute approximate surface area is 98.7 Å². The lowest BCUT2D eigenvalue weighted by atomic mass is 10.2. The largest absolute Gasteiger partial charge is 0.369 e. The maximum Gasteiger partial charge on any atom is 0.280 e. The summed E-state index contributed by atoms with van der Waals surface area (Å²) in [5.74, 6) is -0.724. The molecule has 0 bridgehead atoms. The predicted octanol–water partition coefficient (Wildman–Crippen LogP) is 0.668. The molecule has 1 saturated carbocycles. The lowest BCUT2D eigenvalue weighted by Crippen LogP contribution is -2.38. The third-order valence-corrected chi connectivity index (χ3v) is 2.44. The molecule has 0 radical (unpaired) electrons. The number of amides is 2. The number of guanidine groups is 1. The first kappa shape index (κ1) is 11.3. The molecular formula is C12H13N3O2. The van der Waals surface area contributed by atoms with E-state index in [1.165, 1.54) is 0 Å². The third kappa shape index (κ3) is 3.14. The minimum atomic E-state index is -0.459. The summed E-state index contributed by atoms with van der Waals surface area (Å²) in [6, 6.07) is 8.56. The van der Waals surface area contributed by atoms with Gasteiger partial charge in [0.15, 0.2) is 0 Å². The Balaban J connectivity index is 1.98. The van der Waals surface area contributed by atoms with Crippen LogP contribution in [-0.4, -0.2) is 17.8 Å². The number of carbonyl (C=O) groups is 2. The Morgan fingerprint density at radius 3 is 2.47 bits per heavy atom. The molecule has 1 aromatic rings. The molecule has 0 atom stereocenters. The molecule has 0 aromatic heterocycles. The van der Waals surface area contributed by atoms with Crippen LogP contribution in [0.5, 0.6) is 0 Å². The van der Waals surface area contributed by atoms with Gasteiger partial charge in [-0.25, -0.2) is 0 Å². The highest BCUT2D eigenvalue weighted by atomic mass is 16.2.